The molecule has 0 spiro atoms. The molecule has 0 amide bonds. The van der Waals surface area contributed by atoms with Gasteiger partial charge in [-0.25, -0.2) is 14.2 Å². The van der Waals surface area contributed by atoms with E-state index in [1.165, 1.54) is 19.2 Å². The molecule has 0 aliphatic carbocycles. The van der Waals surface area contributed by atoms with Gasteiger partial charge >= 0.3 is 5.97 Å². The number of benzene rings is 2. The number of H-pyrrole nitrogens is 1. The van der Waals surface area contributed by atoms with E-state index in [9.17, 15) is 14.0 Å². The number of rotatable bonds is 3. The molecule has 0 saturated heterocycles. The zero-order chi connectivity index (χ0) is 19.8. The number of carbonyl (C=O) groups excluding carboxylic acids is 1. The van der Waals surface area contributed by atoms with Crippen molar-refractivity contribution in [2.45, 2.75) is 26.3 Å². The van der Waals surface area contributed by atoms with Crippen molar-refractivity contribution in [2.24, 2.45) is 0 Å². The molecule has 1 aliphatic rings. The zero-order valence-electron chi connectivity index (χ0n) is 15.7. The first kappa shape index (κ1) is 18.2. The second-order valence-electron chi connectivity index (χ2n) is 6.95. The molecule has 0 bridgehead atoms. The molecule has 1 aromatic heterocycles. The zero-order valence-corrected chi connectivity index (χ0v) is 15.7. The van der Waals surface area contributed by atoms with Crippen molar-refractivity contribution >= 4 is 22.6 Å². The highest BCUT2D eigenvalue weighted by Gasteiger charge is 2.23. The number of halogens is 1. The summed E-state index contributed by atoms with van der Waals surface area (Å²) in [5.74, 6) is -0.217. The topological polar surface area (TPSA) is 75.3 Å². The first-order chi connectivity index (χ1) is 13.5. The molecular formula is C21H20FN3O3. The van der Waals surface area contributed by atoms with Crippen molar-refractivity contribution in [3.05, 3.63) is 69.0 Å². The molecule has 0 radical (unpaired) electrons. The molecule has 2 aromatic carbocycles. The summed E-state index contributed by atoms with van der Waals surface area (Å²) in [6.07, 6.45) is 1.53. The Morgan fingerprint density at radius 1 is 1.32 bits per heavy atom. The highest BCUT2D eigenvalue weighted by molar-refractivity contribution is 5.93. The van der Waals surface area contributed by atoms with Crippen molar-refractivity contribution in [1.29, 1.82) is 0 Å². The third-order valence-corrected chi connectivity index (χ3v) is 5.12. The number of esters is 1. The van der Waals surface area contributed by atoms with Gasteiger partial charge in [-0.3, -0.25) is 4.79 Å². The van der Waals surface area contributed by atoms with Crippen molar-refractivity contribution in [1.82, 2.24) is 9.97 Å². The maximum absolute atomic E-state index is 14.2. The number of aromatic nitrogens is 2. The van der Waals surface area contributed by atoms with Crippen LogP contribution in [0.15, 0.2) is 35.1 Å². The monoisotopic (exact) mass is 381 g/mol. The Morgan fingerprint density at radius 3 is 2.93 bits per heavy atom. The molecule has 6 nitrogen and oxygen atoms in total. The van der Waals surface area contributed by atoms with Crippen LogP contribution in [0.3, 0.4) is 0 Å². The minimum atomic E-state index is -0.485. The number of hydrogen-bond donors (Lipinski definition) is 1. The van der Waals surface area contributed by atoms with Gasteiger partial charge in [0.2, 0.25) is 0 Å². The van der Waals surface area contributed by atoms with E-state index in [1.807, 2.05) is 11.8 Å². The lowest BCUT2D eigenvalue weighted by molar-refractivity contribution is 0.0601. The van der Waals surface area contributed by atoms with Gasteiger partial charge in [-0.15, -0.1) is 0 Å². The normalized spacial score (nSPS) is 13.5. The summed E-state index contributed by atoms with van der Waals surface area (Å²) in [6, 6.07) is 7.92. The van der Waals surface area contributed by atoms with Crippen LogP contribution >= 0.6 is 0 Å². The summed E-state index contributed by atoms with van der Waals surface area (Å²) in [5, 5.41) is 0.401. The number of nitrogens with zero attached hydrogens (tertiary/aromatic N) is 2. The Hall–Kier alpha value is -3.22. The minimum Gasteiger partial charge on any atom is -0.465 e. The molecule has 1 aliphatic heterocycles. The van der Waals surface area contributed by atoms with Crippen LogP contribution in [0.1, 0.15) is 33.7 Å². The molecule has 144 valence electrons. The van der Waals surface area contributed by atoms with Gasteiger partial charge in [0.25, 0.3) is 5.56 Å². The Bertz CT molecular complexity index is 1140. The van der Waals surface area contributed by atoms with E-state index in [2.05, 4.69) is 9.97 Å². The number of carbonyl (C=O) groups is 1. The average molecular weight is 381 g/mol. The predicted molar refractivity (Wildman–Crippen MR) is 104 cm³/mol. The second kappa shape index (κ2) is 7.07. The third-order valence-electron chi connectivity index (χ3n) is 5.12. The Morgan fingerprint density at radius 2 is 2.14 bits per heavy atom. The highest BCUT2D eigenvalue weighted by atomic mass is 19.1. The molecule has 4 rings (SSSR count). The van der Waals surface area contributed by atoms with Gasteiger partial charge in [0.1, 0.15) is 11.6 Å². The van der Waals surface area contributed by atoms with Crippen LogP contribution in [0.25, 0.3) is 10.9 Å². The fraction of sp³-hybridized carbons (Fsp3) is 0.286. The molecule has 0 atom stereocenters. The first-order valence-corrected chi connectivity index (χ1v) is 9.12. The van der Waals surface area contributed by atoms with Gasteiger partial charge in [0, 0.05) is 17.8 Å². The summed E-state index contributed by atoms with van der Waals surface area (Å²) >= 11 is 0. The van der Waals surface area contributed by atoms with Crippen LogP contribution in [-0.4, -0.2) is 29.6 Å². The predicted octanol–water partition coefficient (Wildman–Crippen LogP) is 3.11. The van der Waals surface area contributed by atoms with Crippen molar-refractivity contribution in [3.8, 4) is 0 Å². The van der Waals surface area contributed by atoms with Crippen molar-refractivity contribution in [3.63, 3.8) is 0 Å². The number of hydrogen-bond acceptors (Lipinski definition) is 5. The average Bonchev–Trinajstić information content (AvgIpc) is 2.70. The number of aromatic amines is 1. The van der Waals surface area contributed by atoms with Crippen LogP contribution in [0.2, 0.25) is 0 Å². The summed E-state index contributed by atoms with van der Waals surface area (Å²) in [7, 11) is 1.30. The molecule has 0 unspecified atom stereocenters. The van der Waals surface area contributed by atoms with Gasteiger partial charge in [0.15, 0.2) is 0 Å². The third kappa shape index (κ3) is 3.13. The number of aryl methyl sites for hydroxylation is 1. The molecule has 0 saturated carbocycles. The molecule has 2 heterocycles. The summed E-state index contributed by atoms with van der Waals surface area (Å²) in [6.45, 7) is 3.06. The standard InChI is InChI=1S/C21H20FN3O3/c1-12-5-8-16(22)14-4-3-9-25(19(12)14)11-18-23-17-10-13(21(27)28-2)6-7-15(17)20(26)24-18/h5-8,10H,3-4,9,11H2,1-2H3,(H,23,24,26). The van der Waals surface area contributed by atoms with E-state index in [0.717, 1.165) is 24.2 Å². The lowest BCUT2D eigenvalue weighted by atomic mass is 9.97. The fourth-order valence-corrected chi connectivity index (χ4v) is 3.81. The van der Waals surface area contributed by atoms with Crippen LogP contribution in [-0.2, 0) is 17.7 Å². The van der Waals surface area contributed by atoms with Gasteiger partial charge in [-0.05, 0) is 49.6 Å². The Balaban J connectivity index is 1.74. The number of methoxy groups -OCH3 is 1. The van der Waals surface area contributed by atoms with E-state index in [4.69, 9.17) is 4.74 Å². The molecule has 0 fully saturated rings. The van der Waals surface area contributed by atoms with Crippen LogP contribution in [0.5, 0.6) is 0 Å². The van der Waals surface area contributed by atoms with Crippen LogP contribution in [0.4, 0.5) is 10.1 Å². The van der Waals surface area contributed by atoms with Gasteiger partial charge in [-0.2, -0.15) is 0 Å². The molecular weight excluding hydrogens is 361 g/mol. The first-order valence-electron chi connectivity index (χ1n) is 9.12. The van der Waals surface area contributed by atoms with E-state index in [1.54, 1.807) is 18.2 Å². The maximum Gasteiger partial charge on any atom is 0.337 e. The van der Waals surface area contributed by atoms with Gasteiger partial charge in [0.05, 0.1) is 30.1 Å². The maximum atomic E-state index is 14.2. The van der Waals surface area contributed by atoms with Crippen LogP contribution in [0, 0.1) is 12.7 Å². The molecule has 7 heteroatoms. The van der Waals surface area contributed by atoms with Crippen LogP contribution < -0.4 is 10.5 Å². The minimum absolute atomic E-state index is 0.201. The molecule has 1 N–H and O–H groups in total. The number of ether oxygens (including phenoxy) is 1. The summed E-state index contributed by atoms with van der Waals surface area (Å²) in [5.41, 5.74) is 3.06. The highest BCUT2D eigenvalue weighted by Crippen LogP contribution is 2.33. The largest absolute Gasteiger partial charge is 0.465 e. The van der Waals surface area contributed by atoms with Gasteiger partial charge in [-0.1, -0.05) is 6.07 Å². The summed E-state index contributed by atoms with van der Waals surface area (Å²) < 4.78 is 19.0. The molecule has 3 aromatic rings. The lowest BCUT2D eigenvalue weighted by Crippen LogP contribution is -2.31. The SMILES string of the molecule is COC(=O)c1ccc2c(=O)[nH]c(CN3CCCc4c(F)ccc(C)c43)nc2c1. The smallest absolute Gasteiger partial charge is 0.337 e. The van der Waals surface area contributed by atoms with E-state index in [-0.39, 0.29) is 11.4 Å². The Labute approximate surface area is 161 Å². The van der Waals surface area contributed by atoms with Gasteiger partial charge < -0.3 is 14.6 Å². The quantitative estimate of drug-likeness (QED) is 0.706. The number of nitrogens with one attached hydrogen (secondary N) is 1. The van der Waals surface area contributed by atoms with E-state index >= 15 is 0 Å². The van der Waals surface area contributed by atoms with E-state index in [0.29, 0.717) is 40.8 Å². The van der Waals surface area contributed by atoms with Crippen molar-refractivity contribution < 1.29 is 13.9 Å². The fourth-order valence-electron chi connectivity index (χ4n) is 3.81. The van der Waals surface area contributed by atoms with Crippen molar-refractivity contribution in [2.75, 3.05) is 18.6 Å². The Kier molecular flexibility index (Phi) is 4.58. The number of anilines is 1. The lowest BCUT2D eigenvalue weighted by Gasteiger charge is -2.32. The van der Waals surface area contributed by atoms with E-state index < -0.39 is 5.97 Å². The number of fused-ring (bicyclic) bond motifs is 2. The molecule has 28 heavy (non-hydrogen) atoms. The second-order valence-corrected chi connectivity index (χ2v) is 6.95. The summed E-state index contributed by atoms with van der Waals surface area (Å²) in [4.78, 5) is 33.6.